The van der Waals surface area contributed by atoms with Gasteiger partial charge in [0.15, 0.2) is 10.7 Å². The van der Waals surface area contributed by atoms with E-state index in [0.717, 1.165) is 16.2 Å². The number of aromatic nitrogens is 1. The highest BCUT2D eigenvalue weighted by molar-refractivity contribution is 7.93. The predicted octanol–water partition coefficient (Wildman–Crippen LogP) is 0.850. The number of sulfonamides is 1. The smallest absolute Gasteiger partial charge is 0.270 e. The predicted molar refractivity (Wildman–Crippen MR) is 87.8 cm³/mol. The summed E-state index contributed by atoms with van der Waals surface area (Å²) in [5.41, 5.74) is 2.16. The van der Waals surface area contributed by atoms with Gasteiger partial charge in [0, 0.05) is 12.6 Å². The van der Waals surface area contributed by atoms with E-state index in [-0.39, 0.29) is 10.7 Å². The third kappa shape index (κ3) is 2.77. The van der Waals surface area contributed by atoms with E-state index >= 15 is 0 Å². The summed E-state index contributed by atoms with van der Waals surface area (Å²) in [5, 5.41) is 3.85. The molecule has 0 spiro atoms. The summed E-state index contributed by atoms with van der Waals surface area (Å²) >= 11 is 0. The first-order valence-electron chi connectivity index (χ1n) is 7.46. The molecule has 0 saturated heterocycles. The number of fused-ring (bicyclic) bond motifs is 1. The van der Waals surface area contributed by atoms with E-state index in [9.17, 15) is 8.42 Å². The number of anilines is 1. The summed E-state index contributed by atoms with van der Waals surface area (Å²) in [5.74, 6) is 0.271. The molecule has 3 rings (SSSR count). The zero-order valence-corrected chi connectivity index (χ0v) is 14.2. The Balaban J connectivity index is 2.07. The van der Waals surface area contributed by atoms with Crippen LogP contribution >= 0.6 is 0 Å². The highest BCUT2D eigenvalue weighted by Crippen LogP contribution is 2.34. The van der Waals surface area contributed by atoms with Gasteiger partial charge in [-0.05, 0) is 25.0 Å². The van der Waals surface area contributed by atoms with Crippen LogP contribution in [0.5, 0.6) is 0 Å². The Morgan fingerprint density at radius 2 is 2.04 bits per heavy atom. The number of hydrogen-bond acceptors (Lipinski definition) is 4. The van der Waals surface area contributed by atoms with Crippen molar-refractivity contribution < 1.29 is 17.8 Å². The third-order valence-corrected chi connectivity index (χ3v) is 5.77. The molecule has 2 aromatic rings. The lowest BCUT2D eigenvalue weighted by atomic mass is 10.2. The largest absolute Gasteiger partial charge is 0.355 e. The first-order valence-corrected chi connectivity index (χ1v) is 8.90. The van der Waals surface area contributed by atoms with E-state index in [4.69, 9.17) is 4.52 Å². The molecule has 6 nitrogen and oxygen atoms in total. The summed E-state index contributed by atoms with van der Waals surface area (Å²) in [7, 11) is 0.169. The molecule has 1 aromatic heterocycles. The van der Waals surface area contributed by atoms with Gasteiger partial charge in [-0.3, -0.25) is 4.31 Å². The Labute approximate surface area is 136 Å². The van der Waals surface area contributed by atoms with Gasteiger partial charge in [0.2, 0.25) is 0 Å². The highest BCUT2D eigenvalue weighted by atomic mass is 32.2. The van der Waals surface area contributed by atoms with Gasteiger partial charge in [-0.25, -0.2) is 8.42 Å². The molecule has 0 amide bonds. The fourth-order valence-electron chi connectivity index (χ4n) is 2.71. The number of quaternary nitrogens is 1. The lowest BCUT2D eigenvalue weighted by molar-refractivity contribution is -0.800. The summed E-state index contributed by atoms with van der Waals surface area (Å²) in [6, 6.07) is 7.57. The molecule has 2 heterocycles. The second-order valence-electron chi connectivity index (χ2n) is 5.83. The van der Waals surface area contributed by atoms with Crippen molar-refractivity contribution in [1.29, 1.82) is 0 Å². The summed E-state index contributed by atoms with van der Waals surface area (Å²) in [4.78, 5) is 1.20. The van der Waals surface area contributed by atoms with Crippen molar-refractivity contribution >= 4 is 21.8 Å². The van der Waals surface area contributed by atoms with E-state index < -0.39 is 10.0 Å². The molecule has 0 aliphatic carbocycles. The topological polar surface area (TPSA) is 67.9 Å². The van der Waals surface area contributed by atoms with Gasteiger partial charge in [0.1, 0.15) is 5.69 Å². The van der Waals surface area contributed by atoms with Gasteiger partial charge in [-0.15, -0.1) is 0 Å². The molecule has 0 fully saturated rings. The molecule has 23 heavy (non-hydrogen) atoms. The van der Waals surface area contributed by atoms with Crippen molar-refractivity contribution in [3.8, 4) is 0 Å². The maximum Gasteiger partial charge on any atom is 0.270 e. The van der Waals surface area contributed by atoms with Crippen LogP contribution in [0.4, 0.5) is 5.69 Å². The maximum atomic E-state index is 13.1. The number of nitrogens with zero attached hydrogens (tertiary/aromatic N) is 2. The Bertz CT molecular complexity index is 853. The van der Waals surface area contributed by atoms with Crippen LogP contribution in [-0.2, 0) is 16.4 Å². The van der Waals surface area contributed by atoms with Crippen molar-refractivity contribution in [2.75, 3.05) is 24.9 Å². The van der Waals surface area contributed by atoms with Crippen LogP contribution in [0.3, 0.4) is 0 Å². The zero-order valence-electron chi connectivity index (χ0n) is 13.4. The van der Waals surface area contributed by atoms with Crippen LogP contribution in [-0.4, -0.2) is 34.2 Å². The minimum Gasteiger partial charge on any atom is -0.355 e. The Morgan fingerprint density at radius 3 is 2.78 bits per heavy atom. The van der Waals surface area contributed by atoms with E-state index in [1.807, 2.05) is 44.6 Å². The monoisotopic (exact) mass is 334 g/mol. The van der Waals surface area contributed by atoms with Crippen molar-refractivity contribution in [3.63, 3.8) is 0 Å². The van der Waals surface area contributed by atoms with Crippen LogP contribution in [0.15, 0.2) is 39.9 Å². The molecule has 1 aromatic carbocycles. The first-order chi connectivity index (χ1) is 10.9. The highest BCUT2D eigenvalue weighted by Gasteiger charge is 2.35. The maximum absolute atomic E-state index is 13.1. The molecule has 122 valence electrons. The molecule has 0 saturated carbocycles. The van der Waals surface area contributed by atoms with E-state index in [1.54, 1.807) is 13.0 Å². The first kappa shape index (κ1) is 15.8. The van der Waals surface area contributed by atoms with Crippen LogP contribution < -0.4 is 9.21 Å². The number of rotatable bonds is 4. The molecule has 1 aliphatic rings. The number of benzene rings is 1. The molecule has 1 aliphatic heterocycles. The van der Waals surface area contributed by atoms with E-state index in [1.165, 1.54) is 4.31 Å². The quantitative estimate of drug-likeness (QED) is 0.900. The number of aryl methyl sites for hydroxylation is 1. The molecule has 0 atom stereocenters. The van der Waals surface area contributed by atoms with Crippen molar-refractivity contribution in [1.82, 2.24) is 5.16 Å². The zero-order chi connectivity index (χ0) is 16.6. The molecule has 1 N–H and O–H groups in total. The Kier molecular flexibility index (Phi) is 3.99. The minimum atomic E-state index is -3.70. The van der Waals surface area contributed by atoms with Gasteiger partial charge in [-0.1, -0.05) is 23.4 Å². The van der Waals surface area contributed by atoms with Gasteiger partial charge in [-0.2, -0.15) is 0 Å². The van der Waals surface area contributed by atoms with Crippen LogP contribution in [0, 0.1) is 6.92 Å². The summed E-state index contributed by atoms with van der Waals surface area (Å²) in [6.45, 7) is 2.09. The normalized spacial score (nSPS) is 14.9. The van der Waals surface area contributed by atoms with Crippen LogP contribution in [0.2, 0.25) is 0 Å². The van der Waals surface area contributed by atoms with Gasteiger partial charge in [0.25, 0.3) is 10.0 Å². The van der Waals surface area contributed by atoms with Gasteiger partial charge >= 0.3 is 0 Å². The third-order valence-electron chi connectivity index (χ3n) is 3.79. The average Bonchev–Trinajstić information content (AvgIpc) is 3.09. The van der Waals surface area contributed by atoms with Crippen LogP contribution in [0.1, 0.15) is 17.0 Å². The van der Waals surface area contributed by atoms with Crippen molar-refractivity contribution in [3.05, 3.63) is 47.5 Å². The van der Waals surface area contributed by atoms with Crippen LogP contribution in [0.25, 0.3) is 6.08 Å². The number of nitrogens with one attached hydrogen (secondary N) is 1. The molecular formula is C16H20N3O3S+. The number of hydrogen-bond donors (Lipinski definition) is 1. The van der Waals surface area contributed by atoms with Gasteiger partial charge in [0.05, 0.1) is 26.0 Å². The Hall–Kier alpha value is -2.12. The Morgan fingerprint density at radius 1 is 1.30 bits per heavy atom. The minimum absolute atomic E-state index is 0.145. The molecular weight excluding hydrogens is 314 g/mol. The lowest BCUT2D eigenvalue weighted by Gasteiger charge is -2.19. The number of para-hydroxylation sites is 1. The summed E-state index contributed by atoms with van der Waals surface area (Å²) in [6.07, 6.45) is 4.19. The van der Waals surface area contributed by atoms with Crippen molar-refractivity contribution in [2.45, 2.75) is 18.2 Å². The fraction of sp³-hybridized carbons (Fsp3) is 0.312. The fourth-order valence-corrected chi connectivity index (χ4v) is 4.47. The molecule has 0 radical (unpaired) electrons. The molecule has 7 heteroatoms. The van der Waals surface area contributed by atoms with E-state index in [0.29, 0.717) is 18.7 Å². The second-order valence-corrected chi connectivity index (χ2v) is 7.63. The van der Waals surface area contributed by atoms with E-state index in [2.05, 4.69) is 5.16 Å². The molecule has 0 bridgehead atoms. The van der Waals surface area contributed by atoms with Crippen molar-refractivity contribution in [2.24, 2.45) is 0 Å². The average molecular weight is 334 g/mol. The molecule has 0 unspecified atom stereocenters. The second kappa shape index (κ2) is 5.82. The SMILES string of the molecule is Cc1noc(C=C[NH+](C)C)c1S(=O)(=O)N1CCc2ccccc21. The lowest BCUT2D eigenvalue weighted by Crippen LogP contribution is -3.00. The standard InChI is InChI=1S/C16H19N3O3S/c1-12-16(15(22-17-12)9-10-18(2)3)23(20,21)19-11-8-13-6-4-5-7-14(13)19/h4-7,9-10H,8,11H2,1-3H3/p+1. The summed E-state index contributed by atoms with van der Waals surface area (Å²) < 4.78 is 32.9. The van der Waals surface area contributed by atoms with Gasteiger partial charge < -0.3 is 9.42 Å².